The topological polar surface area (TPSA) is 53.0 Å². The number of nitrogens with zero attached hydrogens (tertiary/aromatic N) is 2. The van der Waals surface area contributed by atoms with E-state index in [0.29, 0.717) is 6.54 Å². The molecule has 1 rings (SSSR count). The van der Waals surface area contributed by atoms with Crippen molar-refractivity contribution in [2.45, 2.75) is 12.8 Å². The number of methoxy groups -OCH3 is 1. The number of carboxylic acid groups (broad SMARTS) is 1. The third-order valence-electron chi connectivity index (χ3n) is 2.93. The molecule has 16 heavy (non-hydrogen) atoms. The van der Waals surface area contributed by atoms with Gasteiger partial charge in [-0.05, 0) is 6.42 Å². The van der Waals surface area contributed by atoms with Gasteiger partial charge in [0.15, 0.2) is 0 Å². The average Bonchev–Trinajstić information content (AvgIpc) is 2.28. The van der Waals surface area contributed by atoms with Gasteiger partial charge in [0.2, 0.25) is 0 Å². The molecule has 1 aliphatic heterocycles. The molecular formula is C11H22N2O3. The monoisotopic (exact) mass is 230 g/mol. The molecule has 0 saturated carbocycles. The zero-order chi connectivity index (χ0) is 11.8. The average molecular weight is 230 g/mol. The van der Waals surface area contributed by atoms with Crippen LogP contribution < -0.4 is 0 Å². The van der Waals surface area contributed by atoms with Crippen LogP contribution >= 0.6 is 0 Å². The van der Waals surface area contributed by atoms with Crippen molar-refractivity contribution in [3.8, 4) is 0 Å². The van der Waals surface area contributed by atoms with Crippen LogP contribution in [0.4, 0.5) is 0 Å². The van der Waals surface area contributed by atoms with Gasteiger partial charge in [-0.25, -0.2) is 0 Å². The molecule has 94 valence electrons. The van der Waals surface area contributed by atoms with Gasteiger partial charge in [-0.2, -0.15) is 0 Å². The quantitative estimate of drug-likeness (QED) is 0.629. The maximum atomic E-state index is 10.4. The maximum absolute atomic E-state index is 10.4. The van der Waals surface area contributed by atoms with E-state index in [9.17, 15) is 4.79 Å². The van der Waals surface area contributed by atoms with Crippen molar-refractivity contribution >= 4 is 5.97 Å². The summed E-state index contributed by atoms with van der Waals surface area (Å²) < 4.78 is 5.02. The molecule has 0 aliphatic carbocycles. The van der Waals surface area contributed by atoms with E-state index in [2.05, 4.69) is 9.80 Å². The molecule has 1 saturated heterocycles. The zero-order valence-electron chi connectivity index (χ0n) is 10.0. The number of carboxylic acids is 1. The fraction of sp³-hybridized carbons (Fsp3) is 0.909. The van der Waals surface area contributed by atoms with Gasteiger partial charge in [0.25, 0.3) is 0 Å². The number of carbonyl (C=O) groups is 1. The van der Waals surface area contributed by atoms with Crippen LogP contribution in [0.2, 0.25) is 0 Å². The van der Waals surface area contributed by atoms with Crippen LogP contribution in [0.3, 0.4) is 0 Å². The number of rotatable bonds is 7. The van der Waals surface area contributed by atoms with Gasteiger partial charge in [0.1, 0.15) is 0 Å². The van der Waals surface area contributed by atoms with Gasteiger partial charge in [-0.3, -0.25) is 4.79 Å². The molecule has 0 radical (unpaired) electrons. The molecule has 1 heterocycles. The van der Waals surface area contributed by atoms with Crippen molar-refractivity contribution in [3.63, 3.8) is 0 Å². The highest BCUT2D eigenvalue weighted by atomic mass is 16.5. The van der Waals surface area contributed by atoms with Crippen LogP contribution in [-0.4, -0.2) is 73.9 Å². The Bertz CT molecular complexity index is 203. The molecule has 5 nitrogen and oxygen atoms in total. The van der Waals surface area contributed by atoms with Crippen molar-refractivity contribution < 1.29 is 14.6 Å². The second-order valence-electron chi connectivity index (χ2n) is 4.17. The van der Waals surface area contributed by atoms with Gasteiger partial charge in [0.05, 0.1) is 6.42 Å². The molecule has 0 aromatic heterocycles. The number of piperazine rings is 1. The molecule has 5 heteroatoms. The summed E-state index contributed by atoms with van der Waals surface area (Å²) >= 11 is 0. The van der Waals surface area contributed by atoms with Crippen LogP contribution in [0.25, 0.3) is 0 Å². The third-order valence-corrected chi connectivity index (χ3v) is 2.93. The van der Waals surface area contributed by atoms with Crippen LogP contribution in [-0.2, 0) is 9.53 Å². The molecule has 0 spiro atoms. The standard InChI is InChI=1S/C11H22N2O3/c1-16-10-2-4-12-6-8-13(9-7-12)5-3-11(14)15/h2-10H2,1H3,(H,14,15). The Morgan fingerprint density at radius 1 is 1.19 bits per heavy atom. The van der Waals surface area contributed by atoms with Gasteiger partial charge in [0, 0.05) is 53.0 Å². The highest BCUT2D eigenvalue weighted by molar-refractivity contribution is 5.66. The fourth-order valence-corrected chi connectivity index (χ4v) is 1.92. The Labute approximate surface area is 97.0 Å². The minimum Gasteiger partial charge on any atom is -0.481 e. The summed E-state index contributed by atoms with van der Waals surface area (Å²) in [7, 11) is 1.73. The predicted octanol–water partition coefficient (Wildman–Crippen LogP) is 0.115. The highest BCUT2D eigenvalue weighted by Crippen LogP contribution is 2.03. The Kier molecular flexibility index (Phi) is 6.37. The third kappa shape index (κ3) is 5.44. The molecule has 1 N–H and O–H groups in total. The van der Waals surface area contributed by atoms with Gasteiger partial charge < -0.3 is 19.6 Å². The lowest BCUT2D eigenvalue weighted by Crippen LogP contribution is -2.47. The summed E-state index contributed by atoms with van der Waals surface area (Å²) in [5, 5.41) is 8.59. The first-order valence-corrected chi connectivity index (χ1v) is 5.88. The van der Waals surface area contributed by atoms with E-state index in [0.717, 1.165) is 45.8 Å². The molecule has 0 amide bonds. The van der Waals surface area contributed by atoms with E-state index in [1.165, 1.54) is 0 Å². The minimum absolute atomic E-state index is 0.254. The van der Waals surface area contributed by atoms with Crippen LogP contribution in [0, 0.1) is 0 Å². The van der Waals surface area contributed by atoms with Crippen LogP contribution in [0.1, 0.15) is 12.8 Å². The van der Waals surface area contributed by atoms with Crippen molar-refractivity contribution in [1.82, 2.24) is 9.80 Å². The predicted molar refractivity (Wildman–Crippen MR) is 61.6 cm³/mol. The number of aliphatic carboxylic acids is 1. The Balaban J connectivity index is 2.06. The highest BCUT2D eigenvalue weighted by Gasteiger charge is 2.16. The minimum atomic E-state index is -0.706. The molecule has 0 unspecified atom stereocenters. The lowest BCUT2D eigenvalue weighted by Gasteiger charge is -2.34. The van der Waals surface area contributed by atoms with Gasteiger partial charge in [-0.1, -0.05) is 0 Å². The molecule has 1 aliphatic rings. The normalized spacial score (nSPS) is 18.8. The fourth-order valence-electron chi connectivity index (χ4n) is 1.92. The summed E-state index contributed by atoms with van der Waals surface area (Å²) in [6.45, 7) is 6.65. The van der Waals surface area contributed by atoms with E-state index in [1.54, 1.807) is 7.11 Å². The maximum Gasteiger partial charge on any atom is 0.304 e. The van der Waals surface area contributed by atoms with E-state index in [-0.39, 0.29) is 6.42 Å². The molecule has 0 bridgehead atoms. The van der Waals surface area contributed by atoms with Crippen molar-refractivity contribution in [3.05, 3.63) is 0 Å². The van der Waals surface area contributed by atoms with Crippen molar-refractivity contribution in [1.29, 1.82) is 0 Å². The SMILES string of the molecule is COCCCN1CCN(CCC(=O)O)CC1. The molecule has 0 aromatic carbocycles. The summed E-state index contributed by atoms with van der Waals surface area (Å²) in [4.78, 5) is 15.1. The number of hydrogen-bond acceptors (Lipinski definition) is 4. The Morgan fingerprint density at radius 3 is 2.25 bits per heavy atom. The lowest BCUT2D eigenvalue weighted by molar-refractivity contribution is -0.137. The van der Waals surface area contributed by atoms with Crippen LogP contribution in [0.5, 0.6) is 0 Å². The first-order chi connectivity index (χ1) is 7.72. The summed E-state index contributed by atoms with van der Waals surface area (Å²) in [6, 6.07) is 0. The second kappa shape index (κ2) is 7.60. The molecule has 1 fully saturated rings. The zero-order valence-corrected chi connectivity index (χ0v) is 10.0. The van der Waals surface area contributed by atoms with E-state index in [1.807, 2.05) is 0 Å². The van der Waals surface area contributed by atoms with E-state index < -0.39 is 5.97 Å². The molecule has 0 atom stereocenters. The number of hydrogen-bond donors (Lipinski definition) is 1. The van der Waals surface area contributed by atoms with Crippen LogP contribution in [0.15, 0.2) is 0 Å². The summed E-state index contributed by atoms with van der Waals surface area (Å²) in [5.41, 5.74) is 0. The van der Waals surface area contributed by atoms with Gasteiger partial charge >= 0.3 is 5.97 Å². The van der Waals surface area contributed by atoms with E-state index >= 15 is 0 Å². The first kappa shape index (κ1) is 13.4. The smallest absolute Gasteiger partial charge is 0.304 e. The largest absolute Gasteiger partial charge is 0.481 e. The Morgan fingerprint density at radius 2 is 1.75 bits per heavy atom. The first-order valence-electron chi connectivity index (χ1n) is 5.88. The summed E-state index contributed by atoms with van der Waals surface area (Å²) in [6.07, 6.45) is 1.33. The Hall–Kier alpha value is -0.650. The molecule has 0 aromatic rings. The van der Waals surface area contributed by atoms with Gasteiger partial charge in [-0.15, -0.1) is 0 Å². The summed E-state index contributed by atoms with van der Waals surface area (Å²) in [5.74, 6) is -0.706. The lowest BCUT2D eigenvalue weighted by atomic mass is 10.2. The second-order valence-corrected chi connectivity index (χ2v) is 4.17. The molecular weight excluding hydrogens is 208 g/mol. The number of ether oxygens (including phenoxy) is 1. The van der Waals surface area contributed by atoms with Crippen molar-refractivity contribution in [2.24, 2.45) is 0 Å². The van der Waals surface area contributed by atoms with E-state index in [4.69, 9.17) is 9.84 Å². The van der Waals surface area contributed by atoms with Crippen molar-refractivity contribution in [2.75, 3.05) is 53.0 Å².